The van der Waals surface area contributed by atoms with E-state index in [1.54, 1.807) is 17.5 Å². The second kappa shape index (κ2) is 4.21. The second-order valence-corrected chi connectivity index (χ2v) is 5.98. The number of hydrogen-bond donors (Lipinski definition) is 1. The van der Waals surface area contributed by atoms with Gasteiger partial charge in [0.05, 0.1) is 15.9 Å². The molecule has 0 saturated carbocycles. The van der Waals surface area contributed by atoms with Crippen molar-refractivity contribution < 1.29 is 9.90 Å². The monoisotopic (exact) mass is 287 g/mol. The van der Waals surface area contributed by atoms with Crippen molar-refractivity contribution in [3.8, 4) is 0 Å². The number of hydrogen-bond acceptors (Lipinski definition) is 4. The van der Waals surface area contributed by atoms with Crippen molar-refractivity contribution in [3.05, 3.63) is 30.1 Å². The molecule has 102 valence electrons. The van der Waals surface area contributed by atoms with Crippen molar-refractivity contribution in [2.24, 2.45) is 0 Å². The lowest BCUT2D eigenvalue weighted by Crippen LogP contribution is -2.17. The number of carboxylic acid groups (broad SMARTS) is 1. The van der Waals surface area contributed by atoms with Crippen LogP contribution in [0.1, 0.15) is 23.3 Å². The molecule has 3 aromatic rings. The zero-order valence-corrected chi connectivity index (χ0v) is 11.6. The Labute approximate surface area is 119 Å². The first-order valence-corrected chi connectivity index (χ1v) is 7.44. The molecule has 0 radical (unpaired) electrons. The summed E-state index contributed by atoms with van der Waals surface area (Å²) < 4.78 is 3.07. The quantitative estimate of drug-likeness (QED) is 0.787. The van der Waals surface area contributed by atoms with Crippen molar-refractivity contribution in [1.82, 2.24) is 9.38 Å². The Hall–Kier alpha value is -2.08. The molecule has 0 unspecified atom stereocenters. The fourth-order valence-electron chi connectivity index (χ4n) is 2.82. The first kappa shape index (κ1) is 11.7. The SMILES string of the molecule is O=C(O)c1cn2c(n1)sc1c(N3CCCC3)cccc12. The molecular weight excluding hydrogens is 274 g/mol. The van der Waals surface area contributed by atoms with E-state index in [1.165, 1.54) is 23.2 Å². The Morgan fingerprint density at radius 3 is 2.85 bits per heavy atom. The Bertz CT molecular complexity index is 814. The lowest BCUT2D eigenvalue weighted by Gasteiger charge is -2.17. The molecule has 3 heterocycles. The van der Waals surface area contributed by atoms with Crippen LogP contribution in [-0.2, 0) is 0 Å². The van der Waals surface area contributed by atoms with Gasteiger partial charge in [-0.15, -0.1) is 0 Å². The van der Waals surface area contributed by atoms with Gasteiger partial charge in [0.1, 0.15) is 0 Å². The van der Waals surface area contributed by atoms with Crippen LogP contribution in [0.2, 0.25) is 0 Å². The molecule has 4 rings (SSSR count). The zero-order chi connectivity index (χ0) is 13.7. The fourth-order valence-corrected chi connectivity index (χ4v) is 3.97. The molecule has 0 bridgehead atoms. The van der Waals surface area contributed by atoms with Crippen LogP contribution in [0.4, 0.5) is 5.69 Å². The molecule has 2 aromatic heterocycles. The Balaban J connectivity index is 1.95. The van der Waals surface area contributed by atoms with Crippen LogP contribution in [0.25, 0.3) is 15.2 Å². The highest BCUT2D eigenvalue weighted by Gasteiger charge is 2.19. The van der Waals surface area contributed by atoms with Gasteiger partial charge in [-0.3, -0.25) is 4.40 Å². The number of carboxylic acids is 1. The first-order chi connectivity index (χ1) is 9.74. The van der Waals surface area contributed by atoms with Crippen LogP contribution >= 0.6 is 11.3 Å². The van der Waals surface area contributed by atoms with E-state index in [0.29, 0.717) is 0 Å². The van der Waals surface area contributed by atoms with E-state index < -0.39 is 5.97 Å². The number of aromatic carboxylic acids is 1. The Morgan fingerprint density at radius 2 is 2.10 bits per heavy atom. The minimum Gasteiger partial charge on any atom is -0.476 e. The third-order valence-corrected chi connectivity index (χ3v) is 4.86. The maximum atomic E-state index is 11.0. The molecule has 6 heteroatoms. The molecule has 0 spiro atoms. The fraction of sp³-hybridized carbons (Fsp3) is 0.286. The molecule has 1 saturated heterocycles. The van der Waals surface area contributed by atoms with Crippen molar-refractivity contribution in [1.29, 1.82) is 0 Å². The summed E-state index contributed by atoms with van der Waals surface area (Å²) in [6.07, 6.45) is 4.08. The molecule has 0 aliphatic carbocycles. The molecule has 1 aliphatic rings. The van der Waals surface area contributed by atoms with Crippen molar-refractivity contribution >= 4 is 38.2 Å². The van der Waals surface area contributed by atoms with Gasteiger partial charge in [-0.25, -0.2) is 9.78 Å². The maximum absolute atomic E-state index is 11.0. The first-order valence-electron chi connectivity index (χ1n) is 6.63. The number of aromatic nitrogens is 2. The van der Waals surface area contributed by atoms with Gasteiger partial charge in [-0.1, -0.05) is 17.4 Å². The summed E-state index contributed by atoms with van der Waals surface area (Å²) in [5.41, 5.74) is 2.38. The van der Waals surface area contributed by atoms with E-state index >= 15 is 0 Å². The number of imidazole rings is 1. The van der Waals surface area contributed by atoms with Crippen molar-refractivity contribution in [2.45, 2.75) is 12.8 Å². The predicted octanol–water partition coefficient (Wildman–Crippen LogP) is 2.85. The highest BCUT2D eigenvalue weighted by atomic mass is 32.1. The zero-order valence-electron chi connectivity index (χ0n) is 10.7. The van der Waals surface area contributed by atoms with E-state index in [4.69, 9.17) is 5.11 Å². The summed E-state index contributed by atoms with van der Waals surface area (Å²) in [5, 5.41) is 9.02. The van der Waals surface area contributed by atoms with E-state index in [2.05, 4.69) is 16.0 Å². The standard InChI is InChI=1S/C14H13N3O2S/c18-13(19)9-8-17-11-5-3-4-10(16-6-1-2-7-16)12(11)20-14(17)15-9/h3-5,8H,1-2,6-7H2,(H,18,19). The third kappa shape index (κ3) is 1.61. The molecule has 1 aromatic carbocycles. The second-order valence-electron chi connectivity index (χ2n) is 5.01. The lowest BCUT2D eigenvalue weighted by molar-refractivity contribution is 0.0691. The number of benzene rings is 1. The topological polar surface area (TPSA) is 57.8 Å². The number of thiazole rings is 1. The largest absolute Gasteiger partial charge is 0.476 e. The van der Waals surface area contributed by atoms with Gasteiger partial charge in [0, 0.05) is 19.3 Å². The van der Waals surface area contributed by atoms with Crippen LogP contribution < -0.4 is 4.90 Å². The summed E-state index contributed by atoms with van der Waals surface area (Å²) in [6.45, 7) is 2.19. The van der Waals surface area contributed by atoms with Gasteiger partial charge in [-0.05, 0) is 25.0 Å². The molecule has 5 nitrogen and oxygen atoms in total. The van der Waals surface area contributed by atoms with Gasteiger partial charge in [0.15, 0.2) is 10.7 Å². The van der Waals surface area contributed by atoms with E-state index in [0.717, 1.165) is 23.6 Å². The maximum Gasteiger partial charge on any atom is 0.356 e. The average Bonchev–Trinajstić information content (AvgIpc) is 3.13. The van der Waals surface area contributed by atoms with Crippen molar-refractivity contribution in [2.75, 3.05) is 18.0 Å². The number of carbonyl (C=O) groups is 1. The van der Waals surface area contributed by atoms with Crippen LogP contribution in [0.5, 0.6) is 0 Å². The summed E-state index contributed by atoms with van der Waals surface area (Å²) in [5.74, 6) is -0.982. The van der Waals surface area contributed by atoms with Gasteiger partial charge >= 0.3 is 5.97 Å². The summed E-state index contributed by atoms with van der Waals surface area (Å²) in [4.78, 5) is 18.3. The molecular formula is C14H13N3O2S. The number of nitrogens with zero attached hydrogens (tertiary/aromatic N) is 3. The minimum absolute atomic E-state index is 0.102. The normalized spacial score (nSPS) is 15.5. The van der Waals surface area contributed by atoms with Gasteiger partial charge < -0.3 is 10.0 Å². The molecule has 1 fully saturated rings. The molecule has 20 heavy (non-hydrogen) atoms. The Morgan fingerprint density at radius 1 is 1.30 bits per heavy atom. The third-order valence-electron chi connectivity index (χ3n) is 3.77. The summed E-state index contributed by atoms with van der Waals surface area (Å²) in [6, 6.07) is 6.19. The minimum atomic E-state index is -0.982. The van der Waals surface area contributed by atoms with E-state index in [1.807, 2.05) is 16.5 Å². The average molecular weight is 287 g/mol. The van der Waals surface area contributed by atoms with E-state index in [-0.39, 0.29) is 5.69 Å². The molecule has 0 atom stereocenters. The van der Waals surface area contributed by atoms with Gasteiger partial charge in [0.2, 0.25) is 0 Å². The van der Waals surface area contributed by atoms with Crippen LogP contribution in [0, 0.1) is 0 Å². The highest BCUT2D eigenvalue weighted by Crippen LogP contribution is 2.35. The summed E-state index contributed by atoms with van der Waals surface area (Å²) in [7, 11) is 0. The van der Waals surface area contributed by atoms with E-state index in [9.17, 15) is 4.79 Å². The highest BCUT2D eigenvalue weighted by molar-refractivity contribution is 7.24. The van der Waals surface area contributed by atoms with Crippen LogP contribution in [0.15, 0.2) is 24.4 Å². The number of anilines is 1. The number of rotatable bonds is 2. The van der Waals surface area contributed by atoms with Gasteiger partial charge in [0.25, 0.3) is 0 Å². The van der Waals surface area contributed by atoms with Crippen LogP contribution in [0.3, 0.4) is 0 Å². The number of fused-ring (bicyclic) bond motifs is 3. The smallest absolute Gasteiger partial charge is 0.356 e. The van der Waals surface area contributed by atoms with Crippen molar-refractivity contribution in [3.63, 3.8) is 0 Å². The lowest BCUT2D eigenvalue weighted by atomic mass is 10.2. The molecule has 1 N–H and O–H groups in total. The molecule has 0 amide bonds. The van der Waals surface area contributed by atoms with Gasteiger partial charge in [-0.2, -0.15) is 0 Å². The summed E-state index contributed by atoms with van der Waals surface area (Å²) >= 11 is 1.56. The predicted molar refractivity (Wildman–Crippen MR) is 79.0 cm³/mol. The molecule has 1 aliphatic heterocycles. The Kier molecular flexibility index (Phi) is 2.47. The van der Waals surface area contributed by atoms with Crippen LogP contribution in [-0.4, -0.2) is 33.6 Å².